The van der Waals surface area contributed by atoms with Gasteiger partial charge in [-0.2, -0.15) is 15.0 Å². The van der Waals surface area contributed by atoms with Crippen molar-refractivity contribution in [2.24, 2.45) is 0 Å². The molecule has 0 unspecified atom stereocenters. The van der Waals surface area contributed by atoms with E-state index in [4.69, 9.17) is 16.3 Å². The molecule has 1 aromatic rings. The van der Waals surface area contributed by atoms with Crippen LogP contribution in [0.15, 0.2) is 0 Å². The van der Waals surface area contributed by atoms with Crippen LogP contribution in [0.2, 0.25) is 5.28 Å². The fourth-order valence-corrected chi connectivity index (χ4v) is 1.91. The van der Waals surface area contributed by atoms with Crippen molar-refractivity contribution in [3.05, 3.63) is 5.28 Å². The van der Waals surface area contributed by atoms with E-state index in [1.807, 2.05) is 4.90 Å². The van der Waals surface area contributed by atoms with Gasteiger partial charge in [0.2, 0.25) is 11.2 Å². The van der Waals surface area contributed by atoms with Crippen LogP contribution in [0.4, 0.5) is 14.7 Å². The van der Waals surface area contributed by atoms with E-state index in [1.165, 1.54) is 6.42 Å². The van der Waals surface area contributed by atoms with E-state index in [-0.39, 0.29) is 11.3 Å². The van der Waals surface area contributed by atoms with Crippen molar-refractivity contribution in [3.8, 4) is 6.01 Å². The normalized spacial score (nSPS) is 16.1. The molecule has 1 aliphatic rings. The van der Waals surface area contributed by atoms with Crippen molar-refractivity contribution in [2.75, 3.05) is 24.6 Å². The van der Waals surface area contributed by atoms with Gasteiger partial charge in [0.25, 0.3) is 6.43 Å². The molecule has 0 aromatic carbocycles. The molecule has 8 heteroatoms. The van der Waals surface area contributed by atoms with Crippen LogP contribution < -0.4 is 9.64 Å². The zero-order chi connectivity index (χ0) is 13.0. The largest absolute Gasteiger partial charge is 0.457 e. The third-order valence-corrected chi connectivity index (χ3v) is 2.72. The molecule has 1 aliphatic heterocycles. The first-order valence-corrected chi connectivity index (χ1v) is 6.10. The molecule has 2 rings (SSSR count). The Morgan fingerprint density at radius 2 is 1.89 bits per heavy atom. The Bertz CT molecular complexity index is 401. The molecule has 2 heterocycles. The summed E-state index contributed by atoms with van der Waals surface area (Å²) in [5.74, 6) is 0.388. The lowest BCUT2D eigenvalue weighted by molar-refractivity contribution is 0.0769. The molecule has 0 saturated carbocycles. The number of halogens is 3. The Balaban J connectivity index is 2.09. The van der Waals surface area contributed by atoms with Gasteiger partial charge in [0, 0.05) is 13.1 Å². The Labute approximate surface area is 108 Å². The number of rotatable bonds is 4. The predicted octanol–water partition coefficient (Wildman–Crippen LogP) is 2.16. The maximum atomic E-state index is 12.0. The zero-order valence-electron chi connectivity index (χ0n) is 9.65. The van der Waals surface area contributed by atoms with Crippen LogP contribution in [0, 0.1) is 0 Å². The molecule has 0 N–H and O–H groups in total. The van der Waals surface area contributed by atoms with Gasteiger partial charge < -0.3 is 9.64 Å². The lowest BCUT2D eigenvalue weighted by Gasteiger charge is -2.26. The molecular formula is C10H13ClF2N4O. The van der Waals surface area contributed by atoms with Gasteiger partial charge in [0.15, 0.2) is 6.61 Å². The topological polar surface area (TPSA) is 51.1 Å². The number of ether oxygens (including phenoxy) is 1. The third-order valence-electron chi connectivity index (χ3n) is 2.55. The van der Waals surface area contributed by atoms with Gasteiger partial charge in [-0.25, -0.2) is 8.78 Å². The third kappa shape index (κ3) is 3.63. The zero-order valence-corrected chi connectivity index (χ0v) is 10.4. The Morgan fingerprint density at radius 3 is 2.56 bits per heavy atom. The number of piperidine rings is 1. The summed E-state index contributed by atoms with van der Waals surface area (Å²) in [6, 6.07) is -0.157. The molecule has 0 aliphatic carbocycles. The molecule has 100 valence electrons. The van der Waals surface area contributed by atoms with E-state index < -0.39 is 13.0 Å². The van der Waals surface area contributed by atoms with Gasteiger partial charge in [0.05, 0.1) is 0 Å². The monoisotopic (exact) mass is 278 g/mol. The molecule has 0 atom stereocenters. The van der Waals surface area contributed by atoms with Crippen molar-refractivity contribution in [1.82, 2.24) is 15.0 Å². The van der Waals surface area contributed by atoms with Gasteiger partial charge in [-0.1, -0.05) is 0 Å². The minimum Gasteiger partial charge on any atom is -0.457 e. The van der Waals surface area contributed by atoms with E-state index in [2.05, 4.69) is 15.0 Å². The Morgan fingerprint density at radius 1 is 1.17 bits per heavy atom. The molecule has 1 saturated heterocycles. The highest BCUT2D eigenvalue weighted by atomic mass is 35.5. The smallest absolute Gasteiger partial charge is 0.322 e. The number of aromatic nitrogens is 3. The molecule has 0 bridgehead atoms. The molecule has 1 fully saturated rings. The fraction of sp³-hybridized carbons (Fsp3) is 0.700. The average molecular weight is 279 g/mol. The highest BCUT2D eigenvalue weighted by molar-refractivity contribution is 6.28. The Hall–Kier alpha value is -1.24. The highest BCUT2D eigenvalue weighted by Gasteiger charge is 2.16. The first-order valence-electron chi connectivity index (χ1n) is 5.72. The first kappa shape index (κ1) is 13.2. The summed E-state index contributed by atoms with van der Waals surface area (Å²) >= 11 is 5.73. The van der Waals surface area contributed by atoms with E-state index >= 15 is 0 Å². The van der Waals surface area contributed by atoms with Gasteiger partial charge in [0.1, 0.15) is 0 Å². The number of anilines is 1. The number of nitrogens with zero attached hydrogens (tertiary/aromatic N) is 4. The second-order valence-corrected chi connectivity index (χ2v) is 4.27. The molecule has 1 aromatic heterocycles. The van der Waals surface area contributed by atoms with Crippen LogP contribution in [0.25, 0.3) is 0 Å². The summed E-state index contributed by atoms with van der Waals surface area (Å²) in [5.41, 5.74) is 0. The maximum absolute atomic E-state index is 12.0. The van der Waals surface area contributed by atoms with E-state index in [0.29, 0.717) is 5.95 Å². The molecule has 0 spiro atoms. The summed E-state index contributed by atoms with van der Waals surface area (Å²) < 4.78 is 28.8. The van der Waals surface area contributed by atoms with Crippen LogP contribution >= 0.6 is 11.6 Å². The summed E-state index contributed by atoms with van der Waals surface area (Å²) in [7, 11) is 0. The second kappa shape index (κ2) is 6.08. The van der Waals surface area contributed by atoms with Crippen LogP contribution in [0.3, 0.4) is 0 Å². The van der Waals surface area contributed by atoms with Gasteiger partial charge in [-0.3, -0.25) is 0 Å². The molecule has 0 radical (unpaired) electrons. The van der Waals surface area contributed by atoms with Crippen LogP contribution in [0.1, 0.15) is 19.3 Å². The van der Waals surface area contributed by atoms with Crippen molar-refractivity contribution in [3.63, 3.8) is 0 Å². The summed E-state index contributed by atoms with van der Waals surface area (Å²) in [4.78, 5) is 13.6. The first-order chi connectivity index (χ1) is 8.65. The molecule has 5 nitrogen and oxygen atoms in total. The highest BCUT2D eigenvalue weighted by Crippen LogP contribution is 2.19. The van der Waals surface area contributed by atoms with Crippen molar-refractivity contribution < 1.29 is 13.5 Å². The van der Waals surface area contributed by atoms with Crippen molar-refractivity contribution in [2.45, 2.75) is 25.7 Å². The summed E-state index contributed by atoms with van der Waals surface area (Å²) in [5, 5.41) is -0.0464. The van der Waals surface area contributed by atoms with Crippen LogP contribution in [-0.2, 0) is 0 Å². The quantitative estimate of drug-likeness (QED) is 0.845. The van der Waals surface area contributed by atoms with E-state index in [0.717, 1.165) is 25.9 Å². The number of hydrogen-bond acceptors (Lipinski definition) is 5. The number of hydrogen-bond donors (Lipinski definition) is 0. The van der Waals surface area contributed by atoms with Crippen LogP contribution in [-0.4, -0.2) is 41.1 Å². The lowest BCUT2D eigenvalue weighted by Crippen LogP contribution is -2.31. The summed E-state index contributed by atoms with van der Waals surface area (Å²) in [6.07, 6.45) is 0.705. The molecular weight excluding hydrogens is 266 g/mol. The van der Waals surface area contributed by atoms with E-state index in [1.54, 1.807) is 0 Å². The standard InChI is InChI=1S/C10H13ClF2N4O/c11-8-14-9(17-4-2-1-3-5-17)16-10(15-8)18-6-7(12)13/h7H,1-6H2. The van der Waals surface area contributed by atoms with Crippen LogP contribution in [0.5, 0.6) is 6.01 Å². The Kier molecular flexibility index (Phi) is 4.46. The van der Waals surface area contributed by atoms with Gasteiger partial charge in [-0.05, 0) is 30.9 Å². The van der Waals surface area contributed by atoms with E-state index in [9.17, 15) is 8.78 Å². The van der Waals surface area contributed by atoms with Gasteiger partial charge in [-0.15, -0.1) is 0 Å². The predicted molar refractivity (Wildman–Crippen MR) is 62.4 cm³/mol. The molecule has 0 amide bonds. The minimum atomic E-state index is -2.57. The van der Waals surface area contributed by atoms with Gasteiger partial charge >= 0.3 is 6.01 Å². The van der Waals surface area contributed by atoms with Crippen molar-refractivity contribution >= 4 is 17.5 Å². The maximum Gasteiger partial charge on any atom is 0.322 e. The minimum absolute atomic E-state index is 0.0464. The fourth-order valence-electron chi connectivity index (χ4n) is 1.76. The number of alkyl halides is 2. The molecule has 18 heavy (non-hydrogen) atoms. The summed E-state index contributed by atoms with van der Waals surface area (Å²) in [6.45, 7) is 0.906. The lowest BCUT2D eigenvalue weighted by atomic mass is 10.1. The second-order valence-electron chi connectivity index (χ2n) is 3.94. The van der Waals surface area contributed by atoms with Crippen molar-refractivity contribution in [1.29, 1.82) is 0 Å². The average Bonchev–Trinajstić information content (AvgIpc) is 2.37. The SMILES string of the molecule is FC(F)COc1nc(Cl)nc(N2CCCCC2)n1.